The minimum absolute atomic E-state index is 0.141. The number of nitrogens with zero attached hydrogens (tertiary/aromatic N) is 2. The second-order valence-electron chi connectivity index (χ2n) is 9.19. The SMILES string of the molecule is O=C(Nc1ccccc1)OSN1CCC2(CC1)NC(Cc1ccccc1)C(=O)N2Cc1ccccc1. The molecule has 2 amide bonds. The van der Waals surface area contributed by atoms with Crippen LogP contribution in [0, 0.1) is 0 Å². The van der Waals surface area contributed by atoms with Gasteiger partial charge in [-0.1, -0.05) is 78.9 Å². The van der Waals surface area contributed by atoms with Crippen LogP contribution in [0.4, 0.5) is 10.5 Å². The number of nitrogens with one attached hydrogen (secondary N) is 2. The first-order chi connectivity index (χ1) is 17.6. The first-order valence-electron chi connectivity index (χ1n) is 12.2. The van der Waals surface area contributed by atoms with Gasteiger partial charge in [-0.15, -0.1) is 0 Å². The third-order valence-corrected chi connectivity index (χ3v) is 7.58. The topological polar surface area (TPSA) is 73.9 Å². The summed E-state index contributed by atoms with van der Waals surface area (Å²) in [5, 5.41) is 6.44. The fourth-order valence-electron chi connectivity index (χ4n) is 4.94. The van der Waals surface area contributed by atoms with Gasteiger partial charge in [0.15, 0.2) is 12.2 Å². The maximum absolute atomic E-state index is 13.6. The fourth-order valence-corrected chi connectivity index (χ4v) is 5.48. The smallest absolute Gasteiger partial charge is 0.358 e. The zero-order valence-electron chi connectivity index (χ0n) is 20.0. The van der Waals surface area contributed by atoms with E-state index in [0.717, 1.165) is 36.2 Å². The molecule has 0 bridgehead atoms. The van der Waals surface area contributed by atoms with E-state index in [1.807, 2.05) is 75.9 Å². The number of para-hydroxylation sites is 1. The Kier molecular flexibility index (Phi) is 7.55. The highest BCUT2D eigenvalue weighted by Crippen LogP contribution is 2.36. The number of piperidine rings is 1. The zero-order chi connectivity index (χ0) is 24.8. The van der Waals surface area contributed by atoms with E-state index in [-0.39, 0.29) is 11.9 Å². The van der Waals surface area contributed by atoms with Gasteiger partial charge in [0.05, 0.1) is 11.7 Å². The van der Waals surface area contributed by atoms with Gasteiger partial charge in [0.2, 0.25) is 5.91 Å². The molecule has 0 aliphatic carbocycles. The quantitative estimate of drug-likeness (QED) is 0.356. The van der Waals surface area contributed by atoms with Crippen LogP contribution in [0.3, 0.4) is 0 Å². The lowest BCUT2D eigenvalue weighted by molar-refractivity contribution is -0.134. The van der Waals surface area contributed by atoms with Crippen molar-refractivity contribution in [3.05, 3.63) is 102 Å². The summed E-state index contributed by atoms with van der Waals surface area (Å²) in [6.45, 7) is 1.95. The van der Waals surface area contributed by atoms with Crippen molar-refractivity contribution in [2.24, 2.45) is 0 Å². The van der Waals surface area contributed by atoms with E-state index in [2.05, 4.69) is 34.9 Å². The molecule has 186 valence electrons. The molecule has 0 aromatic heterocycles. The van der Waals surface area contributed by atoms with Gasteiger partial charge in [-0.25, -0.2) is 9.10 Å². The van der Waals surface area contributed by atoms with Crippen molar-refractivity contribution in [2.75, 3.05) is 18.4 Å². The number of amides is 2. The molecule has 1 spiro atoms. The summed E-state index contributed by atoms with van der Waals surface area (Å²) in [5.41, 5.74) is 2.53. The van der Waals surface area contributed by atoms with Crippen molar-refractivity contribution >= 4 is 29.9 Å². The number of hydrogen-bond donors (Lipinski definition) is 2. The van der Waals surface area contributed by atoms with Crippen molar-refractivity contribution < 1.29 is 13.8 Å². The van der Waals surface area contributed by atoms with E-state index in [9.17, 15) is 9.59 Å². The Morgan fingerprint density at radius 3 is 2.14 bits per heavy atom. The van der Waals surface area contributed by atoms with Crippen LogP contribution in [0.1, 0.15) is 24.0 Å². The molecule has 2 heterocycles. The first-order valence-corrected chi connectivity index (χ1v) is 12.9. The van der Waals surface area contributed by atoms with Gasteiger partial charge in [-0.3, -0.25) is 15.4 Å². The molecule has 7 nitrogen and oxygen atoms in total. The summed E-state index contributed by atoms with van der Waals surface area (Å²) < 4.78 is 7.41. The van der Waals surface area contributed by atoms with E-state index in [1.54, 1.807) is 0 Å². The maximum atomic E-state index is 13.6. The van der Waals surface area contributed by atoms with E-state index in [4.69, 9.17) is 4.18 Å². The molecule has 1 unspecified atom stereocenters. The molecule has 0 radical (unpaired) electrons. The standard InChI is InChI=1S/C28H30N4O3S/c33-26-25(20-22-10-4-1-5-11-22)30-28(32(26)21-23-12-6-2-7-13-23)16-18-31(19-17-28)36-35-27(34)29-24-14-8-3-9-15-24/h1-15,25,30H,16-21H2,(H,29,34). The van der Waals surface area contributed by atoms with Gasteiger partial charge < -0.3 is 9.08 Å². The lowest BCUT2D eigenvalue weighted by Crippen LogP contribution is -2.57. The Morgan fingerprint density at radius 1 is 0.917 bits per heavy atom. The van der Waals surface area contributed by atoms with Crippen molar-refractivity contribution in [3.63, 3.8) is 0 Å². The molecule has 1 atom stereocenters. The molecule has 3 aromatic rings. The fraction of sp³-hybridized carbons (Fsp3) is 0.286. The van der Waals surface area contributed by atoms with Crippen LogP contribution in [-0.4, -0.2) is 46.0 Å². The van der Waals surface area contributed by atoms with Gasteiger partial charge in [0.25, 0.3) is 0 Å². The summed E-state index contributed by atoms with van der Waals surface area (Å²) in [6.07, 6.45) is 1.64. The summed E-state index contributed by atoms with van der Waals surface area (Å²) >= 11 is 1.07. The Hall–Kier alpha value is -3.33. The maximum Gasteiger partial charge on any atom is 0.425 e. The molecule has 0 saturated carbocycles. The Labute approximate surface area is 216 Å². The number of hydrogen-bond acceptors (Lipinski definition) is 6. The molecular formula is C28H30N4O3S. The van der Waals surface area contributed by atoms with Gasteiger partial charge in [0, 0.05) is 25.3 Å². The van der Waals surface area contributed by atoms with Crippen LogP contribution in [0.2, 0.25) is 0 Å². The number of benzene rings is 3. The lowest BCUT2D eigenvalue weighted by Gasteiger charge is -2.43. The molecule has 2 fully saturated rings. The van der Waals surface area contributed by atoms with Crippen LogP contribution < -0.4 is 10.6 Å². The number of carbonyl (C=O) groups is 2. The summed E-state index contributed by atoms with van der Waals surface area (Å²) in [6, 6.07) is 29.3. The molecule has 2 aliphatic heterocycles. The minimum Gasteiger partial charge on any atom is -0.358 e. The molecule has 36 heavy (non-hydrogen) atoms. The van der Waals surface area contributed by atoms with Crippen molar-refractivity contribution in [1.29, 1.82) is 0 Å². The number of carbonyl (C=O) groups excluding carboxylic acids is 2. The predicted molar refractivity (Wildman–Crippen MR) is 142 cm³/mol. The molecule has 2 saturated heterocycles. The van der Waals surface area contributed by atoms with Gasteiger partial charge in [-0.2, -0.15) is 0 Å². The Balaban J connectivity index is 1.23. The highest BCUT2D eigenvalue weighted by Gasteiger charge is 2.51. The van der Waals surface area contributed by atoms with Crippen LogP contribution in [0.25, 0.3) is 0 Å². The number of rotatable bonds is 7. The molecule has 2 aliphatic rings. The highest BCUT2D eigenvalue weighted by atomic mass is 32.2. The summed E-state index contributed by atoms with van der Waals surface area (Å²) in [5.74, 6) is 0.141. The summed E-state index contributed by atoms with van der Waals surface area (Å²) in [4.78, 5) is 27.8. The van der Waals surface area contributed by atoms with Crippen LogP contribution >= 0.6 is 12.2 Å². The molecule has 2 N–H and O–H groups in total. The third kappa shape index (κ3) is 5.73. The molecule has 3 aromatic carbocycles. The zero-order valence-corrected chi connectivity index (χ0v) is 20.8. The average Bonchev–Trinajstić information content (AvgIpc) is 3.15. The van der Waals surface area contributed by atoms with Crippen LogP contribution in [0.5, 0.6) is 0 Å². The molecule has 8 heteroatoms. The minimum atomic E-state index is -0.505. The van der Waals surface area contributed by atoms with Gasteiger partial charge >= 0.3 is 6.09 Å². The normalized spacial score (nSPS) is 19.4. The molecule has 5 rings (SSSR count). The third-order valence-electron chi connectivity index (χ3n) is 6.78. The van der Waals surface area contributed by atoms with E-state index < -0.39 is 11.8 Å². The van der Waals surface area contributed by atoms with E-state index in [0.29, 0.717) is 31.7 Å². The van der Waals surface area contributed by atoms with Crippen LogP contribution in [0.15, 0.2) is 91.0 Å². The molecular weight excluding hydrogens is 472 g/mol. The van der Waals surface area contributed by atoms with Crippen molar-refractivity contribution in [2.45, 2.75) is 37.5 Å². The van der Waals surface area contributed by atoms with Crippen LogP contribution in [-0.2, 0) is 21.9 Å². The lowest BCUT2D eigenvalue weighted by atomic mass is 9.96. The largest absolute Gasteiger partial charge is 0.425 e. The van der Waals surface area contributed by atoms with E-state index >= 15 is 0 Å². The van der Waals surface area contributed by atoms with E-state index in [1.165, 1.54) is 0 Å². The second kappa shape index (κ2) is 11.2. The van der Waals surface area contributed by atoms with Gasteiger partial charge in [-0.05, 0) is 42.5 Å². The Morgan fingerprint density at radius 2 is 1.50 bits per heavy atom. The number of anilines is 1. The van der Waals surface area contributed by atoms with Gasteiger partial charge in [0.1, 0.15) is 0 Å². The summed E-state index contributed by atoms with van der Waals surface area (Å²) in [7, 11) is 0. The van der Waals surface area contributed by atoms with Crippen molar-refractivity contribution in [3.8, 4) is 0 Å². The predicted octanol–water partition coefficient (Wildman–Crippen LogP) is 4.83. The van der Waals surface area contributed by atoms with Crippen molar-refractivity contribution in [1.82, 2.24) is 14.5 Å². The highest BCUT2D eigenvalue weighted by molar-refractivity contribution is 7.92. The monoisotopic (exact) mass is 502 g/mol. The average molecular weight is 503 g/mol. The Bertz CT molecular complexity index is 1160. The first kappa shape index (κ1) is 24.4. The second-order valence-corrected chi connectivity index (χ2v) is 10.0.